The van der Waals surface area contributed by atoms with Crippen LogP contribution in [0.5, 0.6) is 11.6 Å². The first-order valence-electron chi connectivity index (χ1n) is 7.13. The molecule has 2 heterocycles. The summed E-state index contributed by atoms with van der Waals surface area (Å²) in [6.07, 6.45) is -3.24. The molecule has 126 valence electrons. The number of benzene rings is 1. The lowest BCUT2D eigenvalue weighted by Crippen LogP contribution is -2.37. The molecule has 1 aliphatic rings. The van der Waals surface area contributed by atoms with Crippen molar-refractivity contribution in [2.75, 3.05) is 24.7 Å². The number of anilines is 1. The molecule has 0 aliphatic carbocycles. The minimum Gasteiger partial charge on any atom is -0.490 e. The number of alkyl halides is 3. The molecule has 0 saturated carbocycles. The predicted octanol–water partition coefficient (Wildman–Crippen LogP) is 3.06. The van der Waals surface area contributed by atoms with Crippen molar-refractivity contribution in [2.24, 2.45) is 0 Å². The Balaban J connectivity index is 1.74. The van der Waals surface area contributed by atoms with Crippen molar-refractivity contribution < 1.29 is 27.4 Å². The van der Waals surface area contributed by atoms with Crippen LogP contribution in [-0.4, -0.2) is 36.8 Å². The van der Waals surface area contributed by atoms with Crippen LogP contribution in [0.1, 0.15) is 10.4 Å². The Morgan fingerprint density at radius 2 is 2.04 bits per heavy atom. The number of para-hydroxylation sites is 2. The van der Waals surface area contributed by atoms with E-state index in [-0.39, 0.29) is 17.4 Å². The zero-order valence-electron chi connectivity index (χ0n) is 12.4. The molecule has 0 unspecified atom stereocenters. The molecule has 0 N–H and O–H groups in total. The molecular weight excluding hydrogens is 325 g/mol. The number of pyridine rings is 1. The van der Waals surface area contributed by atoms with Gasteiger partial charge in [-0.25, -0.2) is 4.98 Å². The van der Waals surface area contributed by atoms with E-state index in [4.69, 9.17) is 4.74 Å². The van der Waals surface area contributed by atoms with Crippen LogP contribution in [0.25, 0.3) is 0 Å². The standard InChI is InChI=1S/C16H13F3N2O3/c17-16(18,19)10-24-14-6-5-11(9-20-14)15(22)21-7-8-23-13-4-2-1-3-12(13)21/h1-6,9H,7-8,10H2. The monoisotopic (exact) mass is 338 g/mol. The first-order valence-corrected chi connectivity index (χ1v) is 7.13. The average molecular weight is 338 g/mol. The number of nitrogens with zero attached hydrogens (tertiary/aromatic N) is 2. The molecule has 3 rings (SSSR count). The summed E-state index contributed by atoms with van der Waals surface area (Å²) >= 11 is 0. The van der Waals surface area contributed by atoms with Crippen molar-refractivity contribution in [2.45, 2.75) is 6.18 Å². The van der Waals surface area contributed by atoms with E-state index in [0.717, 1.165) is 0 Å². The summed E-state index contributed by atoms with van der Waals surface area (Å²) in [7, 11) is 0. The van der Waals surface area contributed by atoms with Gasteiger partial charge in [-0.3, -0.25) is 4.79 Å². The van der Waals surface area contributed by atoms with Crippen LogP contribution in [-0.2, 0) is 0 Å². The first kappa shape index (κ1) is 16.1. The SMILES string of the molecule is O=C(c1ccc(OCC(F)(F)F)nc1)N1CCOc2ccccc21. The van der Waals surface area contributed by atoms with Crippen LogP contribution in [0.3, 0.4) is 0 Å². The Morgan fingerprint density at radius 1 is 1.25 bits per heavy atom. The van der Waals surface area contributed by atoms with Crippen LogP contribution in [0.4, 0.5) is 18.9 Å². The van der Waals surface area contributed by atoms with Crippen molar-refractivity contribution >= 4 is 11.6 Å². The Labute approximate surface area is 135 Å². The lowest BCUT2D eigenvalue weighted by molar-refractivity contribution is -0.154. The number of amides is 1. The van der Waals surface area contributed by atoms with Gasteiger partial charge in [0.15, 0.2) is 6.61 Å². The Kier molecular flexibility index (Phi) is 4.28. The number of hydrogen-bond acceptors (Lipinski definition) is 4. The molecule has 24 heavy (non-hydrogen) atoms. The fourth-order valence-corrected chi connectivity index (χ4v) is 2.28. The van der Waals surface area contributed by atoms with Gasteiger partial charge in [0.2, 0.25) is 5.88 Å². The Bertz CT molecular complexity index is 732. The number of aromatic nitrogens is 1. The highest BCUT2D eigenvalue weighted by atomic mass is 19.4. The van der Waals surface area contributed by atoms with E-state index in [1.165, 1.54) is 18.3 Å². The van der Waals surface area contributed by atoms with Gasteiger partial charge in [-0.05, 0) is 18.2 Å². The second kappa shape index (κ2) is 6.38. The van der Waals surface area contributed by atoms with Crippen LogP contribution in [0.15, 0.2) is 42.6 Å². The first-order chi connectivity index (χ1) is 11.4. The van der Waals surface area contributed by atoms with Crippen LogP contribution < -0.4 is 14.4 Å². The molecule has 0 bridgehead atoms. The van der Waals surface area contributed by atoms with Crippen molar-refractivity contribution in [3.63, 3.8) is 0 Å². The molecule has 8 heteroatoms. The summed E-state index contributed by atoms with van der Waals surface area (Å²) in [6.45, 7) is -0.685. The molecule has 0 spiro atoms. The number of hydrogen-bond donors (Lipinski definition) is 0. The molecule has 0 fully saturated rings. The van der Waals surface area contributed by atoms with E-state index in [1.54, 1.807) is 29.2 Å². The molecule has 2 aromatic rings. The zero-order valence-corrected chi connectivity index (χ0v) is 12.4. The highest BCUT2D eigenvalue weighted by Gasteiger charge is 2.29. The molecular formula is C16H13F3N2O3. The number of fused-ring (bicyclic) bond motifs is 1. The maximum absolute atomic E-state index is 12.6. The van der Waals surface area contributed by atoms with E-state index < -0.39 is 12.8 Å². The summed E-state index contributed by atoms with van der Waals surface area (Å²) in [5.74, 6) is 0.113. The van der Waals surface area contributed by atoms with Gasteiger partial charge in [0, 0.05) is 12.3 Å². The molecule has 0 saturated heterocycles. The van der Waals surface area contributed by atoms with Gasteiger partial charge < -0.3 is 14.4 Å². The zero-order chi connectivity index (χ0) is 17.2. The molecule has 0 radical (unpaired) electrons. The van der Waals surface area contributed by atoms with Crippen molar-refractivity contribution in [3.8, 4) is 11.6 Å². The van der Waals surface area contributed by atoms with Crippen LogP contribution >= 0.6 is 0 Å². The summed E-state index contributed by atoms with van der Waals surface area (Å²) in [5.41, 5.74) is 0.900. The number of halogens is 3. The topological polar surface area (TPSA) is 51.7 Å². The van der Waals surface area contributed by atoms with Gasteiger partial charge in [-0.2, -0.15) is 13.2 Å². The van der Waals surface area contributed by atoms with E-state index in [2.05, 4.69) is 9.72 Å². The maximum atomic E-state index is 12.6. The molecule has 1 amide bonds. The summed E-state index contributed by atoms with van der Waals surface area (Å²) < 4.78 is 46.3. The van der Waals surface area contributed by atoms with Crippen LogP contribution in [0.2, 0.25) is 0 Å². The summed E-state index contributed by atoms with van der Waals surface area (Å²) in [6, 6.07) is 9.76. The highest BCUT2D eigenvalue weighted by molar-refractivity contribution is 6.06. The molecule has 1 aliphatic heterocycles. The number of carbonyl (C=O) groups is 1. The van der Waals surface area contributed by atoms with Crippen molar-refractivity contribution in [3.05, 3.63) is 48.2 Å². The van der Waals surface area contributed by atoms with Crippen molar-refractivity contribution in [1.29, 1.82) is 0 Å². The third-order valence-corrected chi connectivity index (χ3v) is 3.34. The third-order valence-electron chi connectivity index (χ3n) is 3.34. The lowest BCUT2D eigenvalue weighted by Gasteiger charge is -2.29. The number of ether oxygens (including phenoxy) is 2. The van der Waals surface area contributed by atoms with Crippen LogP contribution in [0, 0.1) is 0 Å². The summed E-state index contributed by atoms with van der Waals surface area (Å²) in [5, 5.41) is 0. The largest absolute Gasteiger partial charge is 0.490 e. The fourth-order valence-electron chi connectivity index (χ4n) is 2.28. The molecule has 1 aromatic carbocycles. The van der Waals surface area contributed by atoms with E-state index >= 15 is 0 Å². The molecule has 5 nitrogen and oxygen atoms in total. The van der Waals surface area contributed by atoms with Gasteiger partial charge in [-0.15, -0.1) is 0 Å². The van der Waals surface area contributed by atoms with Crippen molar-refractivity contribution in [1.82, 2.24) is 4.98 Å². The van der Waals surface area contributed by atoms with Gasteiger partial charge in [0.25, 0.3) is 5.91 Å². The van der Waals surface area contributed by atoms with E-state index in [9.17, 15) is 18.0 Å². The molecule has 0 atom stereocenters. The van der Waals surface area contributed by atoms with Gasteiger partial charge in [-0.1, -0.05) is 12.1 Å². The second-order valence-corrected chi connectivity index (χ2v) is 5.06. The van der Waals surface area contributed by atoms with Gasteiger partial charge in [0.1, 0.15) is 12.4 Å². The quantitative estimate of drug-likeness (QED) is 0.863. The van der Waals surface area contributed by atoms with E-state index in [1.807, 2.05) is 0 Å². The highest BCUT2D eigenvalue weighted by Crippen LogP contribution is 2.32. The Morgan fingerprint density at radius 3 is 2.75 bits per heavy atom. The fraction of sp³-hybridized carbons (Fsp3) is 0.250. The maximum Gasteiger partial charge on any atom is 0.422 e. The minimum absolute atomic E-state index is 0.189. The number of rotatable bonds is 3. The lowest BCUT2D eigenvalue weighted by atomic mass is 10.2. The van der Waals surface area contributed by atoms with Gasteiger partial charge >= 0.3 is 6.18 Å². The summed E-state index contributed by atoms with van der Waals surface area (Å²) in [4.78, 5) is 17.9. The normalized spacial score (nSPS) is 13.9. The van der Waals surface area contributed by atoms with E-state index in [0.29, 0.717) is 24.6 Å². The minimum atomic E-state index is -4.44. The Hall–Kier alpha value is -2.77. The third kappa shape index (κ3) is 3.58. The smallest absolute Gasteiger partial charge is 0.422 e. The molecule has 1 aromatic heterocycles. The second-order valence-electron chi connectivity index (χ2n) is 5.06. The predicted molar refractivity (Wildman–Crippen MR) is 79.4 cm³/mol. The number of carbonyl (C=O) groups excluding carboxylic acids is 1. The average Bonchev–Trinajstić information content (AvgIpc) is 2.59. The van der Waals surface area contributed by atoms with Gasteiger partial charge in [0.05, 0.1) is 17.8 Å².